The molecule has 0 N–H and O–H groups in total. The van der Waals surface area contributed by atoms with E-state index >= 15 is 0 Å². The lowest BCUT2D eigenvalue weighted by Gasteiger charge is -2.10. The van der Waals surface area contributed by atoms with Crippen molar-refractivity contribution >= 4 is 11.2 Å². The summed E-state index contributed by atoms with van der Waals surface area (Å²) in [5.74, 6) is -0.408. The van der Waals surface area contributed by atoms with E-state index in [0.29, 0.717) is 11.2 Å². The first kappa shape index (κ1) is 15.0. The average Bonchev–Trinajstić information content (AvgIpc) is 2.92. The highest BCUT2D eigenvalue weighted by Crippen LogP contribution is 2.15. The monoisotopic (exact) mass is 318 g/mol. The summed E-state index contributed by atoms with van der Waals surface area (Å²) in [5, 5.41) is 0. The number of fused-ring (bicyclic) bond motifs is 1. The molecule has 8 heteroatoms. The molecule has 0 aliphatic carbocycles. The molecule has 0 unspecified atom stereocenters. The molecule has 0 fully saturated rings. The lowest BCUT2D eigenvalue weighted by atomic mass is 10.3. The second kappa shape index (κ2) is 5.71. The highest BCUT2D eigenvalue weighted by molar-refractivity contribution is 5.69. The third kappa shape index (κ3) is 2.52. The second-order valence-corrected chi connectivity index (χ2v) is 5.10. The Balaban J connectivity index is 1.92. The number of benzene rings is 1. The van der Waals surface area contributed by atoms with Crippen molar-refractivity contribution in [3.05, 3.63) is 57.2 Å². The molecule has 0 saturated heterocycles. The van der Waals surface area contributed by atoms with Gasteiger partial charge in [-0.25, -0.2) is 14.2 Å². The van der Waals surface area contributed by atoms with Crippen molar-refractivity contribution in [1.82, 2.24) is 18.7 Å². The molecule has 0 radical (unpaired) electrons. The normalized spacial score (nSPS) is 11.1. The molecule has 2 heterocycles. The number of aromatic nitrogens is 4. The van der Waals surface area contributed by atoms with Crippen molar-refractivity contribution in [2.75, 3.05) is 6.61 Å². The van der Waals surface area contributed by atoms with E-state index in [9.17, 15) is 14.0 Å². The van der Waals surface area contributed by atoms with E-state index in [4.69, 9.17) is 4.74 Å². The first-order chi connectivity index (χ1) is 11.0. The average molecular weight is 318 g/mol. The van der Waals surface area contributed by atoms with Gasteiger partial charge in [-0.3, -0.25) is 13.9 Å². The lowest BCUT2D eigenvalue weighted by Crippen LogP contribution is -2.40. The zero-order chi connectivity index (χ0) is 16.6. The lowest BCUT2D eigenvalue weighted by molar-refractivity contribution is 0.279. The number of hydrogen-bond donors (Lipinski definition) is 0. The summed E-state index contributed by atoms with van der Waals surface area (Å²) in [7, 11) is 3.23. The van der Waals surface area contributed by atoms with Gasteiger partial charge in [0.05, 0.1) is 12.9 Å². The van der Waals surface area contributed by atoms with Gasteiger partial charge in [-0.05, 0) is 12.1 Å². The number of hydrogen-bond acceptors (Lipinski definition) is 4. The molecule has 1 aromatic carbocycles. The van der Waals surface area contributed by atoms with Gasteiger partial charge in [-0.2, -0.15) is 0 Å². The SMILES string of the molecule is Cn1cnc2c1c(=O)n(CCOc1ccccc1F)c(=O)n2C. The molecule has 0 aliphatic rings. The highest BCUT2D eigenvalue weighted by Gasteiger charge is 2.14. The molecule has 0 atom stereocenters. The first-order valence-corrected chi connectivity index (χ1v) is 6.99. The zero-order valence-corrected chi connectivity index (χ0v) is 12.7. The molecule has 0 bridgehead atoms. The van der Waals surface area contributed by atoms with Crippen LogP contribution >= 0.6 is 0 Å². The van der Waals surface area contributed by atoms with Crippen molar-refractivity contribution in [3.8, 4) is 5.75 Å². The van der Waals surface area contributed by atoms with Gasteiger partial charge < -0.3 is 9.30 Å². The van der Waals surface area contributed by atoms with E-state index in [-0.39, 0.29) is 18.9 Å². The topological polar surface area (TPSA) is 71.1 Å². The molecule has 7 nitrogen and oxygen atoms in total. The van der Waals surface area contributed by atoms with Gasteiger partial charge >= 0.3 is 5.69 Å². The first-order valence-electron chi connectivity index (χ1n) is 6.99. The summed E-state index contributed by atoms with van der Waals surface area (Å²) in [5.41, 5.74) is -0.273. The maximum absolute atomic E-state index is 13.5. The largest absolute Gasteiger partial charge is 0.489 e. The van der Waals surface area contributed by atoms with Crippen molar-refractivity contribution in [1.29, 1.82) is 0 Å². The Labute approximate surface area is 130 Å². The van der Waals surface area contributed by atoms with Crippen LogP contribution in [0.15, 0.2) is 40.2 Å². The van der Waals surface area contributed by atoms with Gasteiger partial charge in [0.1, 0.15) is 6.61 Å². The summed E-state index contributed by atoms with van der Waals surface area (Å²) < 4.78 is 22.7. The molecule has 0 spiro atoms. The summed E-state index contributed by atoms with van der Waals surface area (Å²) in [6.45, 7) is 0.0143. The fraction of sp³-hybridized carbons (Fsp3) is 0.267. The number of halogens is 1. The molecule has 2 aromatic heterocycles. The molecular formula is C15H15FN4O3. The van der Waals surface area contributed by atoms with Crippen LogP contribution in [-0.2, 0) is 20.6 Å². The predicted octanol–water partition coefficient (Wildman–Crippen LogP) is 0.652. The Morgan fingerprint density at radius 2 is 1.96 bits per heavy atom. The van der Waals surface area contributed by atoms with Crippen LogP contribution in [0.2, 0.25) is 0 Å². The Morgan fingerprint density at radius 1 is 1.22 bits per heavy atom. The van der Waals surface area contributed by atoms with Crippen LogP contribution in [0, 0.1) is 5.82 Å². The Hall–Kier alpha value is -2.90. The number of ether oxygens (including phenoxy) is 1. The minimum atomic E-state index is -0.491. The zero-order valence-electron chi connectivity index (χ0n) is 12.7. The van der Waals surface area contributed by atoms with Crippen LogP contribution in [0.5, 0.6) is 5.75 Å². The summed E-state index contributed by atoms with van der Waals surface area (Å²) in [6.07, 6.45) is 1.48. The Bertz CT molecular complexity index is 987. The Morgan fingerprint density at radius 3 is 2.70 bits per heavy atom. The number of rotatable bonds is 4. The quantitative estimate of drug-likeness (QED) is 0.708. The molecule has 0 amide bonds. The Kier molecular flexibility index (Phi) is 3.73. The van der Waals surface area contributed by atoms with Crippen molar-refractivity contribution in [2.45, 2.75) is 6.54 Å². The smallest absolute Gasteiger partial charge is 0.332 e. The van der Waals surface area contributed by atoms with E-state index in [1.165, 1.54) is 23.0 Å². The fourth-order valence-electron chi connectivity index (χ4n) is 2.40. The van der Waals surface area contributed by atoms with Gasteiger partial charge in [0.25, 0.3) is 5.56 Å². The second-order valence-electron chi connectivity index (χ2n) is 5.10. The van der Waals surface area contributed by atoms with Gasteiger partial charge in [-0.1, -0.05) is 12.1 Å². The van der Waals surface area contributed by atoms with Gasteiger partial charge in [0.15, 0.2) is 22.7 Å². The third-order valence-corrected chi connectivity index (χ3v) is 3.61. The fourth-order valence-corrected chi connectivity index (χ4v) is 2.40. The third-order valence-electron chi connectivity index (χ3n) is 3.61. The molecular weight excluding hydrogens is 303 g/mol. The number of aryl methyl sites for hydroxylation is 2. The van der Waals surface area contributed by atoms with Crippen molar-refractivity contribution < 1.29 is 9.13 Å². The summed E-state index contributed by atoms with van der Waals surface area (Å²) in [6, 6.07) is 5.97. The van der Waals surface area contributed by atoms with Crippen LogP contribution in [0.25, 0.3) is 11.2 Å². The van der Waals surface area contributed by atoms with E-state index < -0.39 is 17.1 Å². The van der Waals surface area contributed by atoms with Crippen molar-refractivity contribution in [2.24, 2.45) is 14.1 Å². The van der Waals surface area contributed by atoms with Crippen molar-refractivity contribution in [3.63, 3.8) is 0 Å². The van der Waals surface area contributed by atoms with E-state index in [0.717, 1.165) is 4.57 Å². The van der Waals surface area contributed by atoms with Gasteiger partial charge in [0, 0.05) is 14.1 Å². The van der Waals surface area contributed by atoms with Gasteiger partial charge in [-0.15, -0.1) is 0 Å². The van der Waals surface area contributed by atoms with Crippen LogP contribution < -0.4 is 16.0 Å². The highest BCUT2D eigenvalue weighted by atomic mass is 19.1. The molecule has 23 heavy (non-hydrogen) atoms. The number of nitrogens with zero attached hydrogens (tertiary/aromatic N) is 4. The summed E-state index contributed by atoms with van der Waals surface area (Å²) in [4.78, 5) is 28.8. The standard InChI is InChI=1S/C15H15FN4O3/c1-18-9-17-13-12(18)14(21)20(15(22)19(13)2)7-8-23-11-6-4-3-5-10(11)16/h3-6,9H,7-8H2,1-2H3. The van der Waals surface area contributed by atoms with E-state index in [1.54, 1.807) is 30.8 Å². The number of para-hydroxylation sites is 1. The molecule has 120 valence electrons. The number of imidazole rings is 1. The maximum Gasteiger partial charge on any atom is 0.332 e. The van der Waals surface area contributed by atoms with E-state index in [2.05, 4.69) is 4.98 Å². The minimum absolute atomic E-state index is 0.000557. The molecule has 0 saturated carbocycles. The molecule has 3 aromatic rings. The van der Waals surface area contributed by atoms with Crippen LogP contribution in [-0.4, -0.2) is 25.3 Å². The summed E-state index contributed by atoms with van der Waals surface area (Å²) >= 11 is 0. The van der Waals surface area contributed by atoms with Crippen LogP contribution in [0.3, 0.4) is 0 Å². The maximum atomic E-state index is 13.5. The minimum Gasteiger partial charge on any atom is -0.489 e. The van der Waals surface area contributed by atoms with Gasteiger partial charge in [0.2, 0.25) is 0 Å². The van der Waals surface area contributed by atoms with Crippen LogP contribution in [0.1, 0.15) is 0 Å². The van der Waals surface area contributed by atoms with E-state index in [1.807, 2.05) is 0 Å². The predicted molar refractivity (Wildman–Crippen MR) is 82.1 cm³/mol. The van der Waals surface area contributed by atoms with Crippen LogP contribution in [0.4, 0.5) is 4.39 Å². The molecule has 0 aliphatic heterocycles. The molecule has 3 rings (SSSR count).